The molecule has 9 heteroatoms. The Hall–Kier alpha value is -1.10. The quantitative estimate of drug-likeness (QED) is 0.627. The van der Waals surface area contributed by atoms with Crippen molar-refractivity contribution in [1.82, 2.24) is 4.98 Å². The van der Waals surface area contributed by atoms with E-state index in [-0.39, 0.29) is 24.2 Å². The Kier molecular flexibility index (Phi) is 5.35. The summed E-state index contributed by atoms with van der Waals surface area (Å²) in [6.45, 7) is -0.158. The van der Waals surface area contributed by atoms with Gasteiger partial charge in [-0.25, -0.2) is 4.98 Å². The van der Waals surface area contributed by atoms with E-state index in [9.17, 15) is 18.0 Å². The normalized spacial score (nSPS) is 11.3. The predicted molar refractivity (Wildman–Crippen MR) is 67.2 cm³/mol. The van der Waals surface area contributed by atoms with Gasteiger partial charge in [0.05, 0.1) is 19.2 Å². The Labute approximate surface area is 120 Å². The van der Waals surface area contributed by atoms with Gasteiger partial charge < -0.3 is 15.2 Å². The van der Waals surface area contributed by atoms with Crippen molar-refractivity contribution in [2.45, 2.75) is 19.3 Å². The standard InChI is InChI=1S/C10H10F3IN2O3/c1-18-8(17)3-5-2-7(14)6(4-15)9(16-5)19-10(11,12)13/h2H,3-4,15H2,1H3. The minimum absolute atomic E-state index is 0.118. The second kappa shape index (κ2) is 6.37. The van der Waals surface area contributed by atoms with E-state index in [0.717, 1.165) is 0 Å². The fourth-order valence-electron chi connectivity index (χ4n) is 1.26. The molecule has 0 aliphatic carbocycles. The molecule has 0 aliphatic heterocycles. The van der Waals surface area contributed by atoms with E-state index in [1.54, 1.807) is 22.6 Å². The number of carbonyl (C=O) groups excluding carboxylic acids is 1. The van der Waals surface area contributed by atoms with Crippen molar-refractivity contribution in [1.29, 1.82) is 0 Å². The zero-order chi connectivity index (χ0) is 14.6. The number of nitrogens with zero attached hydrogens (tertiary/aromatic N) is 1. The molecule has 0 spiro atoms. The summed E-state index contributed by atoms with van der Waals surface area (Å²) in [6, 6.07) is 1.46. The summed E-state index contributed by atoms with van der Waals surface area (Å²) >= 11 is 1.80. The van der Waals surface area contributed by atoms with Gasteiger partial charge in [0.1, 0.15) is 0 Å². The molecule has 0 atom stereocenters. The second-order valence-electron chi connectivity index (χ2n) is 3.38. The molecule has 0 saturated heterocycles. The monoisotopic (exact) mass is 390 g/mol. The number of esters is 1. The summed E-state index contributed by atoms with van der Waals surface area (Å²) in [5.41, 5.74) is 5.61. The van der Waals surface area contributed by atoms with E-state index < -0.39 is 18.2 Å². The van der Waals surface area contributed by atoms with Gasteiger partial charge in [-0.15, -0.1) is 13.2 Å². The third kappa shape index (κ3) is 4.82. The zero-order valence-electron chi connectivity index (χ0n) is 9.75. The number of rotatable bonds is 4. The second-order valence-corrected chi connectivity index (χ2v) is 4.55. The van der Waals surface area contributed by atoms with Crippen LogP contribution in [0.4, 0.5) is 13.2 Å². The van der Waals surface area contributed by atoms with Crippen molar-refractivity contribution >= 4 is 28.6 Å². The number of methoxy groups -OCH3 is 1. The van der Waals surface area contributed by atoms with E-state index >= 15 is 0 Å². The summed E-state index contributed by atoms with van der Waals surface area (Å²) in [7, 11) is 1.18. The molecule has 5 nitrogen and oxygen atoms in total. The fourth-order valence-corrected chi connectivity index (χ4v) is 2.07. The van der Waals surface area contributed by atoms with Crippen molar-refractivity contribution in [2.24, 2.45) is 5.73 Å². The Bertz CT molecular complexity index is 480. The first-order valence-corrected chi connectivity index (χ1v) is 6.05. The van der Waals surface area contributed by atoms with Crippen molar-refractivity contribution < 1.29 is 27.4 Å². The highest BCUT2D eigenvalue weighted by atomic mass is 127. The Morgan fingerprint density at radius 3 is 2.63 bits per heavy atom. The lowest BCUT2D eigenvalue weighted by Gasteiger charge is -2.14. The summed E-state index contributed by atoms with van der Waals surface area (Å²) in [6.07, 6.45) is -5.12. The van der Waals surface area contributed by atoms with Crippen molar-refractivity contribution in [3.8, 4) is 5.88 Å². The summed E-state index contributed by atoms with van der Waals surface area (Å²) in [5, 5.41) is 0. The molecule has 0 saturated carbocycles. The highest BCUT2D eigenvalue weighted by Gasteiger charge is 2.33. The Morgan fingerprint density at radius 2 is 2.16 bits per heavy atom. The fraction of sp³-hybridized carbons (Fsp3) is 0.400. The zero-order valence-corrected chi connectivity index (χ0v) is 11.9. The number of alkyl halides is 3. The Morgan fingerprint density at radius 1 is 1.53 bits per heavy atom. The molecule has 106 valence electrons. The van der Waals surface area contributed by atoms with Gasteiger partial charge in [0, 0.05) is 15.7 Å². The first-order chi connectivity index (χ1) is 8.76. The molecule has 0 radical (unpaired) electrons. The number of nitrogens with two attached hydrogens (primary N) is 1. The molecule has 2 N–H and O–H groups in total. The van der Waals surface area contributed by atoms with Crippen LogP contribution in [0.3, 0.4) is 0 Å². The van der Waals surface area contributed by atoms with Crippen molar-refractivity contribution in [2.75, 3.05) is 7.11 Å². The van der Waals surface area contributed by atoms with Crippen LogP contribution in [0.5, 0.6) is 5.88 Å². The molecule has 0 aromatic carbocycles. The SMILES string of the molecule is COC(=O)Cc1cc(I)c(CN)c(OC(F)(F)F)n1. The van der Waals surface area contributed by atoms with Gasteiger partial charge in [-0.1, -0.05) is 0 Å². The van der Waals surface area contributed by atoms with Gasteiger partial charge in [0.2, 0.25) is 5.88 Å². The molecule has 0 fully saturated rings. The van der Waals surface area contributed by atoms with E-state index in [0.29, 0.717) is 3.57 Å². The van der Waals surface area contributed by atoms with E-state index in [1.807, 2.05) is 0 Å². The number of ether oxygens (including phenoxy) is 2. The van der Waals surface area contributed by atoms with Crippen LogP contribution in [-0.2, 0) is 22.5 Å². The van der Waals surface area contributed by atoms with Gasteiger partial charge >= 0.3 is 12.3 Å². The predicted octanol–water partition coefficient (Wildman–Crippen LogP) is 1.76. The number of halogens is 4. The van der Waals surface area contributed by atoms with E-state index in [2.05, 4.69) is 14.5 Å². The van der Waals surface area contributed by atoms with Crippen LogP contribution in [0.1, 0.15) is 11.3 Å². The number of hydrogen-bond acceptors (Lipinski definition) is 5. The molecular formula is C10H10F3IN2O3. The van der Waals surface area contributed by atoms with Crippen LogP contribution in [0.25, 0.3) is 0 Å². The summed E-state index contributed by atoms with van der Waals surface area (Å²) in [4.78, 5) is 14.7. The van der Waals surface area contributed by atoms with Gasteiger partial charge in [-0.3, -0.25) is 4.79 Å². The highest BCUT2D eigenvalue weighted by Crippen LogP contribution is 2.28. The molecular weight excluding hydrogens is 380 g/mol. The number of pyridine rings is 1. The lowest BCUT2D eigenvalue weighted by atomic mass is 10.2. The lowest BCUT2D eigenvalue weighted by molar-refractivity contribution is -0.276. The average Bonchev–Trinajstić information content (AvgIpc) is 2.26. The van der Waals surface area contributed by atoms with E-state index in [4.69, 9.17) is 5.73 Å². The third-order valence-electron chi connectivity index (χ3n) is 2.05. The topological polar surface area (TPSA) is 74.4 Å². The first-order valence-electron chi connectivity index (χ1n) is 4.97. The molecule has 0 aliphatic rings. The van der Waals surface area contributed by atoms with Crippen molar-refractivity contribution in [3.05, 3.63) is 20.9 Å². The molecule has 1 aromatic heterocycles. The summed E-state index contributed by atoms with van der Waals surface area (Å²) in [5.74, 6) is -1.25. The van der Waals surface area contributed by atoms with Crippen LogP contribution < -0.4 is 10.5 Å². The Balaban J connectivity index is 3.14. The van der Waals surface area contributed by atoms with E-state index in [1.165, 1.54) is 13.2 Å². The van der Waals surface area contributed by atoms with Crippen LogP contribution in [0.15, 0.2) is 6.07 Å². The molecule has 19 heavy (non-hydrogen) atoms. The summed E-state index contributed by atoms with van der Waals surface area (Å²) < 4.78 is 45.4. The number of aromatic nitrogens is 1. The molecule has 0 amide bonds. The molecule has 0 unspecified atom stereocenters. The van der Waals surface area contributed by atoms with Crippen LogP contribution >= 0.6 is 22.6 Å². The van der Waals surface area contributed by atoms with Crippen LogP contribution in [0, 0.1) is 3.57 Å². The number of carbonyl (C=O) groups is 1. The highest BCUT2D eigenvalue weighted by molar-refractivity contribution is 14.1. The van der Waals surface area contributed by atoms with Gasteiger partial charge in [-0.05, 0) is 28.7 Å². The molecule has 0 bridgehead atoms. The van der Waals surface area contributed by atoms with Crippen LogP contribution in [0.2, 0.25) is 0 Å². The van der Waals surface area contributed by atoms with Gasteiger partial charge in [0.15, 0.2) is 0 Å². The lowest BCUT2D eigenvalue weighted by Crippen LogP contribution is -2.21. The maximum Gasteiger partial charge on any atom is 0.574 e. The third-order valence-corrected chi connectivity index (χ3v) is 3.02. The van der Waals surface area contributed by atoms with Gasteiger partial charge in [-0.2, -0.15) is 0 Å². The smallest absolute Gasteiger partial charge is 0.469 e. The first kappa shape index (κ1) is 16.0. The maximum absolute atomic E-state index is 12.3. The van der Waals surface area contributed by atoms with Gasteiger partial charge in [0.25, 0.3) is 0 Å². The maximum atomic E-state index is 12.3. The minimum atomic E-state index is -4.87. The minimum Gasteiger partial charge on any atom is -0.469 e. The number of hydrogen-bond donors (Lipinski definition) is 1. The average molecular weight is 390 g/mol. The van der Waals surface area contributed by atoms with Crippen molar-refractivity contribution in [3.63, 3.8) is 0 Å². The van der Waals surface area contributed by atoms with Crippen LogP contribution in [-0.4, -0.2) is 24.4 Å². The molecule has 1 heterocycles. The largest absolute Gasteiger partial charge is 0.574 e. The molecule has 1 aromatic rings. The molecule has 1 rings (SSSR count).